The van der Waals surface area contributed by atoms with Crippen molar-refractivity contribution >= 4 is 34.6 Å². The molecule has 0 spiro atoms. The van der Waals surface area contributed by atoms with Crippen molar-refractivity contribution in [1.82, 2.24) is 4.57 Å². The summed E-state index contributed by atoms with van der Waals surface area (Å²) < 4.78 is 11.3. The van der Waals surface area contributed by atoms with E-state index in [-0.39, 0.29) is 5.57 Å². The van der Waals surface area contributed by atoms with Crippen LogP contribution >= 0.6 is 0 Å². The minimum atomic E-state index is -0.956. The normalized spacial score (nSPS) is 11.3. The van der Waals surface area contributed by atoms with E-state index in [1.807, 2.05) is 18.2 Å². The fourth-order valence-electron chi connectivity index (χ4n) is 3.05. The van der Waals surface area contributed by atoms with Gasteiger partial charge in [0.15, 0.2) is 0 Å². The summed E-state index contributed by atoms with van der Waals surface area (Å²) in [6, 6.07) is 15.9. The Labute approximate surface area is 162 Å². The van der Waals surface area contributed by atoms with Crippen molar-refractivity contribution in [3.63, 3.8) is 0 Å². The Morgan fingerprint density at radius 2 is 1.64 bits per heavy atom. The second kappa shape index (κ2) is 7.92. The van der Waals surface area contributed by atoms with Crippen LogP contribution in [0.3, 0.4) is 0 Å². The highest BCUT2D eigenvalue weighted by atomic mass is 16.5. The van der Waals surface area contributed by atoms with E-state index in [0.29, 0.717) is 22.5 Å². The van der Waals surface area contributed by atoms with Gasteiger partial charge in [-0.05, 0) is 31.2 Å². The first kappa shape index (κ1) is 19.1. The summed E-state index contributed by atoms with van der Waals surface area (Å²) in [5.74, 6) is -2.21. The highest BCUT2D eigenvalue weighted by molar-refractivity contribution is 6.50. The second-order valence-electron chi connectivity index (χ2n) is 6.11. The van der Waals surface area contributed by atoms with Crippen molar-refractivity contribution in [2.75, 3.05) is 14.2 Å². The molecule has 0 bridgehead atoms. The lowest BCUT2D eigenvalue weighted by Crippen LogP contribution is -2.28. The lowest BCUT2D eigenvalue weighted by Gasteiger charge is -2.09. The molecule has 3 rings (SSSR count). The molecule has 0 radical (unpaired) electrons. The lowest BCUT2D eigenvalue weighted by atomic mass is 10.1. The highest BCUT2D eigenvalue weighted by Crippen LogP contribution is 2.23. The van der Waals surface area contributed by atoms with Gasteiger partial charge < -0.3 is 9.47 Å². The molecule has 6 heteroatoms. The minimum absolute atomic E-state index is 0.366. The number of aromatic nitrogens is 1. The Morgan fingerprint density at radius 1 is 0.964 bits per heavy atom. The number of ether oxygens (including phenoxy) is 2. The van der Waals surface area contributed by atoms with E-state index in [0.717, 1.165) is 12.5 Å². The number of carbonyl (C=O) groups excluding carboxylic acids is 3. The van der Waals surface area contributed by atoms with Gasteiger partial charge in [0.2, 0.25) is 0 Å². The number of para-hydroxylation sites is 2. The number of Topliss-reactive ketones (excluding diaryl/α,β-unsaturated/α-hetero) is 1. The first-order chi connectivity index (χ1) is 13.5. The number of rotatable bonds is 5. The molecule has 1 aromatic heterocycles. The molecule has 0 N–H and O–H groups in total. The van der Waals surface area contributed by atoms with Gasteiger partial charge in [-0.2, -0.15) is 0 Å². The van der Waals surface area contributed by atoms with Crippen LogP contribution in [0.4, 0.5) is 0 Å². The van der Waals surface area contributed by atoms with Gasteiger partial charge in [0.05, 0.1) is 19.7 Å². The van der Waals surface area contributed by atoms with E-state index in [4.69, 9.17) is 9.47 Å². The van der Waals surface area contributed by atoms with Gasteiger partial charge in [-0.3, -0.25) is 14.2 Å². The summed E-state index contributed by atoms with van der Waals surface area (Å²) in [5.41, 5.74) is 1.32. The van der Waals surface area contributed by atoms with Crippen molar-refractivity contribution < 1.29 is 23.9 Å². The molecule has 1 heterocycles. The van der Waals surface area contributed by atoms with Crippen LogP contribution in [-0.4, -0.2) is 36.4 Å². The largest absolute Gasteiger partial charge is 0.496 e. The fraction of sp³-hybridized carbons (Fsp3) is 0.136. The Morgan fingerprint density at radius 3 is 2.36 bits per heavy atom. The minimum Gasteiger partial charge on any atom is -0.496 e. The number of ketones is 1. The Kier molecular flexibility index (Phi) is 5.40. The summed E-state index contributed by atoms with van der Waals surface area (Å²) in [6.45, 7) is 1.73. The summed E-state index contributed by atoms with van der Waals surface area (Å²) in [7, 11) is 2.64. The number of fused-ring (bicyclic) bond motifs is 1. The molecule has 0 aliphatic rings. The summed E-state index contributed by atoms with van der Waals surface area (Å²) in [5, 5.41) is 0.828. The molecule has 0 saturated heterocycles. The van der Waals surface area contributed by atoms with Crippen LogP contribution in [-0.2, 0) is 14.3 Å². The first-order valence-electron chi connectivity index (χ1n) is 8.57. The first-order valence-corrected chi connectivity index (χ1v) is 8.57. The molecule has 0 fully saturated rings. The maximum absolute atomic E-state index is 13.0. The average molecular weight is 377 g/mol. The third-order valence-electron chi connectivity index (χ3n) is 4.38. The number of hydrogen-bond acceptors (Lipinski definition) is 5. The van der Waals surface area contributed by atoms with E-state index >= 15 is 0 Å². The molecule has 3 aromatic rings. The molecule has 6 nitrogen and oxygen atoms in total. The van der Waals surface area contributed by atoms with Crippen molar-refractivity contribution in [3.8, 4) is 5.75 Å². The maximum Gasteiger partial charge on any atom is 0.342 e. The van der Waals surface area contributed by atoms with E-state index in [9.17, 15) is 14.4 Å². The van der Waals surface area contributed by atoms with Crippen LogP contribution in [0.25, 0.3) is 17.0 Å². The number of nitrogens with zero attached hydrogens (tertiary/aromatic N) is 1. The zero-order valence-electron chi connectivity index (χ0n) is 15.8. The predicted octanol–water partition coefficient (Wildman–Crippen LogP) is 3.42. The summed E-state index contributed by atoms with van der Waals surface area (Å²) in [4.78, 5) is 38.2. The second-order valence-corrected chi connectivity index (χ2v) is 6.11. The summed E-state index contributed by atoms with van der Waals surface area (Å²) in [6.07, 6.45) is 1.31. The highest BCUT2D eigenvalue weighted by Gasteiger charge is 2.29. The van der Waals surface area contributed by atoms with E-state index in [1.165, 1.54) is 17.8 Å². The van der Waals surface area contributed by atoms with E-state index < -0.39 is 17.7 Å². The van der Waals surface area contributed by atoms with Crippen LogP contribution in [0.15, 0.2) is 60.2 Å². The quantitative estimate of drug-likeness (QED) is 0.224. The smallest absolute Gasteiger partial charge is 0.342 e. The monoisotopic (exact) mass is 377 g/mol. The predicted molar refractivity (Wildman–Crippen MR) is 105 cm³/mol. The molecule has 0 aliphatic heterocycles. The zero-order valence-corrected chi connectivity index (χ0v) is 15.8. The molecule has 0 unspecified atom stereocenters. The van der Waals surface area contributed by atoms with Crippen molar-refractivity contribution in [2.24, 2.45) is 0 Å². The summed E-state index contributed by atoms with van der Waals surface area (Å²) >= 11 is 0. The molecule has 0 aliphatic carbocycles. The number of hydrogen-bond donors (Lipinski definition) is 0. The van der Waals surface area contributed by atoms with Crippen LogP contribution in [0.2, 0.25) is 0 Å². The van der Waals surface area contributed by atoms with Gasteiger partial charge in [-0.25, -0.2) is 4.79 Å². The van der Waals surface area contributed by atoms with E-state index in [2.05, 4.69) is 0 Å². The van der Waals surface area contributed by atoms with Crippen molar-refractivity contribution in [3.05, 3.63) is 71.4 Å². The topological polar surface area (TPSA) is 74.6 Å². The number of carbonyl (C=O) groups is 3. The Hall–Kier alpha value is -3.67. The lowest BCUT2D eigenvalue weighted by molar-refractivity contribution is -0.137. The molecule has 0 saturated carbocycles. The number of benzene rings is 2. The molecular formula is C22H19NO5. The standard InChI is InChI=1S/C22H19NO5/c1-14-12-15-8-4-6-10-18(15)23(14)21(25)20(24)17(22(26)28-3)13-16-9-5-7-11-19(16)27-2/h4-13H,1-3H3/b17-13-. The van der Waals surface area contributed by atoms with Gasteiger partial charge in [0.25, 0.3) is 5.78 Å². The molecular weight excluding hydrogens is 358 g/mol. The third-order valence-corrected chi connectivity index (χ3v) is 4.38. The molecule has 0 atom stereocenters. The van der Waals surface area contributed by atoms with Gasteiger partial charge in [-0.1, -0.05) is 36.4 Å². The maximum atomic E-state index is 13.0. The van der Waals surface area contributed by atoms with Crippen LogP contribution in [0, 0.1) is 6.92 Å². The Bertz CT molecular complexity index is 1110. The number of methoxy groups -OCH3 is 2. The van der Waals surface area contributed by atoms with Crippen molar-refractivity contribution in [2.45, 2.75) is 6.92 Å². The van der Waals surface area contributed by atoms with E-state index in [1.54, 1.807) is 43.3 Å². The molecule has 28 heavy (non-hydrogen) atoms. The SMILES string of the molecule is COC(=O)/C(=C\c1ccccc1OC)C(=O)C(=O)n1c(C)cc2ccccc21. The molecule has 0 amide bonds. The Balaban J connectivity index is 2.09. The van der Waals surface area contributed by atoms with Crippen LogP contribution in [0.1, 0.15) is 16.1 Å². The van der Waals surface area contributed by atoms with Gasteiger partial charge >= 0.3 is 11.9 Å². The van der Waals surface area contributed by atoms with Gasteiger partial charge in [0.1, 0.15) is 11.3 Å². The molecule has 2 aromatic carbocycles. The average Bonchev–Trinajstić information content (AvgIpc) is 3.06. The van der Waals surface area contributed by atoms with Gasteiger partial charge in [0, 0.05) is 16.6 Å². The van der Waals surface area contributed by atoms with Crippen molar-refractivity contribution in [1.29, 1.82) is 0 Å². The fourth-order valence-corrected chi connectivity index (χ4v) is 3.05. The number of aryl methyl sites for hydroxylation is 1. The number of esters is 1. The third kappa shape index (κ3) is 3.44. The van der Waals surface area contributed by atoms with Gasteiger partial charge in [-0.15, -0.1) is 0 Å². The van der Waals surface area contributed by atoms with Crippen LogP contribution in [0.5, 0.6) is 5.75 Å². The van der Waals surface area contributed by atoms with Crippen LogP contribution < -0.4 is 4.74 Å². The molecule has 142 valence electrons. The zero-order chi connectivity index (χ0) is 20.3.